The number of hydrogen-bond donors (Lipinski definition) is 0. The Hall–Kier alpha value is -2.29. The molecule has 2 aliphatic rings. The fourth-order valence-electron chi connectivity index (χ4n) is 3.45. The number of allylic oxidation sites excluding steroid dienone is 2. The van der Waals surface area contributed by atoms with Gasteiger partial charge in [-0.2, -0.15) is 0 Å². The molecule has 0 saturated carbocycles. The molecule has 0 aromatic heterocycles. The number of ketones is 1. The fraction of sp³-hybridized carbons (Fsp3) is 0.235. The maximum atomic E-state index is 12.3. The van der Waals surface area contributed by atoms with Crippen LogP contribution < -0.4 is 9.80 Å². The summed E-state index contributed by atoms with van der Waals surface area (Å²) in [6, 6.07) is 8.36. The summed E-state index contributed by atoms with van der Waals surface area (Å²) in [5.41, 5.74) is 5.49. The normalized spacial score (nSPS) is 16.8. The van der Waals surface area contributed by atoms with Crippen molar-refractivity contribution in [2.24, 2.45) is 0 Å². The highest BCUT2D eigenvalue weighted by molar-refractivity contribution is 6.25. The zero-order valence-electron chi connectivity index (χ0n) is 11.9. The number of benzene rings is 2. The Bertz CT molecular complexity index is 790. The topological polar surface area (TPSA) is 23.6 Å². The highest BCUT2D eigenvalue weighted by Crippen LogP contribution is 2.44. The van der Waals surface area contributed by atoms with Gasteiger partial charge in [-0.3, -0.25) is 4.79 Å². The van der Waals surface area contributed by atoms with E-state index >= 15 is 0 Å². The van der Waals surface area contributed by atoms with Crippen LogP contribution in [0, 0.1) is 0 Å². The standard InChI is InChI=1S/C17H16N2O/c1-10-8-15(20)12-5-7-14-17-13(18(2)9-19(14)3)6-4-11(10)16(12)17/h4-8H,9H2,1-3H3. The van der Waals surface area contributed by atoms with Crippen molar-refractivity contribution in [2.75, 3.05) is 30.6 Å². The van der Waals surface area contributed by atoms with E-state index in [1.54, 1.807) is 6.08 Å². The van der Waals surface area contributed by atoms with Gasteiger partial charge in [-0.1, -0.05) is 6.07 Å². The summed E-state index contributed by atoms with van der Waals surface area (Å²) in [4.78, 5) is 16.7. The van der Waals surface area contributed by atoms with Crippen LogP contribution in [0.5, 0.6) is 0 Å². The predicted molar refractivity (Wildman–Crippen MR) is 83.6 cm³/mol. The van der Waals surface area contributed by atoms with Crippen LogP contribution in [0.2, 0.25) is 0 Å². The van der Waals surface area contributed by atoms with Gasteiger partial charge < -0.3 is 9.80 Å². The molecule has 0 unspecified atom stereocenters. The van der Waals surface area contributed by atoms with Crippen LogP contribution in [0.15, 0.2) is 30.3 Å². The fourth-order valence-corrected chi connectivity index (χ4v) is 3.45. The van der Waals surface area contributed by atoms with Crippen LogP contribution in [0.4, 0.5) is 11.4 Å². The minimum absolute atomic E-state index is 0.120. The number of hydrogen-bond acceptors (Lipinski definition) is 3. The molecule has 100 valence electrons. The minimum atomic E-state index is 0.120. The van der Waals surface area contributed by atoms with Gasteiger partial charge in [-0.15, -0.1) is 0 Å². The highest BCUT2D eigenvalue weighted by atomic mass is 16.1. The van der Waals surface area contributed by atoms with Gasteiger partial charge in [0.15, 0.2) is 5.78 Å². The number of rotatable bonds is 0. The first-order chi connectivity index (χ1) is 9.58. The summed E-state index contributed by atoms with van der Waals surface area (Å²) in [5, 5.41) is 2.32. The van der Waals surface area contributed by atoms with Crippen molar-refractivity contribution in [3.05, 3.63) is 41.5 Å². The van der Waals surface area contributed by atoms with Gasteiger partial charge in [0.05, 0.1) is 6.67 Å². The first-order valence-corrected chi connectivity index (χ1v) is 6.83. The van der Waals surface area contributed by atoms with Crippen molar-refractivity contribution in [1.82, 2.24) is 0 Å². The van der Waals surface area contributed by atoms with E-state index in [9.17, 15) is 4.79 Å². The third-order valence-electron chi connectivity index (χ3n) is 4.40. The third-order valence-corrected chi connectivity index (χ3v) is 4.40. The molecule has 1 aliphatic heterocycles. The van der Waals surface area contributed by atoms with Crippen LogP contribution in [0.3, 0.4) is 0 Å². The van der Waals surface area contributed by atoms with E-state index in [2.05, 4.69) is 42.1 Å². The zero-order valence-corrected chi connectivity index (χ0v) is 11.9. The van der Waals surface area contributed by atoms with Gasteiger partial charge in [-0.05, 0) is 42.3 Å². The Morgan fingerprint density at radius 2 is 1.50 bits per heavy atom. The van der Waals surface area contributed by atoms with E-state index in [1.807, 2.05) is 13.0 Å². The van der Waals surface area contributed by atoms with Crippen LogP contribution in [-0.2, 0) is 0 Å². The van der Waals surface area contributed by atoms with E-state index in [1.165, 1.54) is 22.3 Å². The molecule has 0 atom stereocenters. The Morgan fingerprint density at radius 3 is 2.15 bits per heavy atom. The smallest absolute Gasteiger partial charge is 0.186 e. The SMILES string of the molecule is CC1=CC(=O)c2ccc3c4c(ccc1c24)N(C)CN3C. The number of anilines is 2. The van der Waals surface area contributed by atoms with Crippen molar-refractivity contribution in [3.8, 4) is 0 Å². The quantitative estimate of drug-likeness (QED) is 0.729. The number of carbonyl (C=O) groups excluding carboxylic acids is 1. The van der Waals surface area contributed by atoms with E-state index in [0.717, 1.165) is 23.2 Å². The van der Waals surface area contributed by atoms with E-state index in [0.29, 0.717) is 0 Å². The van der Waals surface area contributed by atoms with Crippen molar-refractivity contribution >= 4 is 33.5 Å². The van der Waals surface area contributed by atoms with E-state index in [4.69, 9.17) is 0 Å². The van der Waals surface area contributed by atoms with E-state index < -0.39 is 0 Å². The molecule has 3 heteroatoms. The molecule has 0 radical (unpaired) electrons. The highest BCUT2D eigenvalue weighted by Gasteiger charge is 2.26. The molecule has 2 aromatic carbocycles. The van der Waals surface area contributed by atoms with Gasteiger partial charge in [0, 0.05) is 41.8 Å². The molecule has 0 N–H and O–H groups in total. The zero-order chi connectivity index (χ0) is 14.0. The molecule has 1 heterocycles. The third kappa shape index (κ3) is 1.27. The Labute approximate surface area is 118 Å². The second kappa shape index (κ2) is 3.63. The predicted octanol–water partition coefficient (Wildman–Crippen LogP) is 3.28. The summed E-state index contributed by atoms with van der Waals surface area (Å²) >= 11 is 0. The van der Waals surface area contributed by atoms with Crippen LogP contribution in [0.25, 0.3) is 16.3 Å². The molecule has 1 aliphatic carbocycles. The molecular weight excluding hydrogens is 248 g/mol. The molecule has 0 amide bonds. The van der Waals surface area contributed by atoms with E-state index in [-0.39, 0.29) is 5.78 Å². The van der Waals surface area contributed by atoms with Gasteiger partial charge >= 0.3 is 0 Å². The largest absolute Gasteiger partial charge is 0.356 e. The molecule has 2 aromatic rings. The van der Waals surface area contributed by atoms with Crippen LogP contribution in [0.1, 0.15) is 22.8 Å². The van der Waals surface area contributed by atoms with Gasteiger partial charge in [0.25, 0.3) is 0 Å². The molecule has 3 nitrogen and oxygen atoms in total. The monoisotopic (exact) mass is 264 g/mol. The second-order valence-electron chi connectivity index (χ2n) is 5.74. The Morgan fingerprint density at radius 1 is 0.900 bits per heavy atom. The van der Waals surface area contributed by atoms with Gasteiger partial charge in [-0.25, -0.2) is 0 Å². The number of nitrogens with zero attached hydrogens (tertiary/aromatic N) is 2. The molecule has 0 fully saturated rings. The molecule has 20 heavy (non-hydrogen) atoms. The van der Waals surface area contributed by atoms with Gasteiger partial charge in [0.1, 0.15) is 0 Å². The molecular formula is C17H16N2O. The maximum Gasteiger partial charge on any atom is 0.186 e. The van der Waals surface area contributed by atoms with Crippen LogP contribution in [-0.4, -0.2) is 26.5 Å². The lowest BCUT2D eigenvalue weighted by molar-refractivity contribution is 0.104. The van der Waals surface area contributed by atoms with Crippen molar-refractivity contribution in [3.63, 3.8) is 0 Å². The Kier molecular flexibility index (Phi) is 2.09. The first-order valence-electron chi connectivity index (χ1n) is 6.83. The molecule has 0 spiro atoms. The number of carbonyl (C=O) groups is 1. The second-order valence-corrected chi connectivity index (χ2v) is 5.74. The Balaban J connectivity index is 2.24. The summed E-state index contributed by atoms with van der Waals surface area (Å²) in [6.07, 6.45) is 1.75. The van der Waals surface area contributed by atoms with Crippen molar-refractivity contribution in [2.45, 2.75) is 6.92 Å². The summed E-state index contributed by atoms with van der Waals surface area (Å²) < 4.78 is 0. The lowest BCUT2D eigenvalue weighted by Gasteiger charge is -2.36. The van der Waals surface area contributed by atoms with Crippen LogP contribution >= 0.6 is 0 Å². The summed E-state index contributed by atoms with van der Waals surface area (Å²) in [6.45, 7) is 2.88. The van der Waals surface area contributed by atoms with Crippen molar-refractivity contribution in [1.29, 1.82) is 0 Å². The van der Waals surface area contributed by atoms with Gasteiger partial charge in [0.2, 0.25) is 0 Å². The first kappa shape index (κ1) is 11.5. The lowest BCUT2D eigenvalue weighted by Crippen LogP contribution is -2.36. The molecule has 0 saturated heterocycles. The van der Waals surface area contributed by atoms with Crippen molar-refractivity contribution < 1.29 is 4.79 Å². The molecule has 0 bridgehead atoms. The lowest BCUT2D eigenvalue weighted by atomic mass is 9.86. The summed E-state index contributed by atoms with van der Waals surface area (Å²) in [5.74, 6) is 0.120. The molecule has 4 rings (SSSR count). The summed E-state index contributed by atoms with van der Waals surface area (Å²) in [7, 11) is 4.19. The average molecular weight is 264 g/mol. The average Bonchev–Trinajstić information content (AvgIpc) is 2.42. The minimum Gasteiger partial charge on any atom is -0.356 e. The maximum absolute atomic E-state index is 12.3.